The first-order valence-corrected chi connectivity index (χ1v) is 15.7. The Morgan fingerprint density at radius 1 is 1.05 bits per heavy atom. The van der Waals surface area contributed by atoms with Crippen LogP contribution in [0.3, 0.4) is 0 Å². The van der Waals surface area contributed by atoms with Gasteiger partial charge in [0.15, 0.2) is 0 Å². The Hall–Kier alpha value is -3.60. The van der Waals surface area contributed by atoms with Crippen LogP contribution in [0.4, 0.5) is 5.69 Å². The number of carbonyl (C=O) groups excluding carboxylic acids is 4. The van der Waals surface area contributed by atoms with Crippen LogP contribution in [0.2, 0.25) is 0 Å². The fourth-order valence-electron chi connectivity index (χ4n) is 6.01. The van der Waals surface area contributed by atoms with Crippen LogP contribution in [0.25, 0.3) is 0 Å². The Kier molecular flexibility index (Phi) is 10.9. The van der Waals surface area contributed by atoms with Crippen molar-refractivity contribution >= 4 is 29.3 Å². The van der Waals surface area contributed by atoms with Crippen molar-refractivity contribution in [3.63, 3.8) is 0 Å². The zero-order valence-electron chi connectivity index (χ0n) is 26.2. The molecule has 1 heterocycles. The SMILES string of the molecule is CC(C)(C)OC(=O)[C@@]1(C(=O)Nc2ccc3c(c2)CCC3)C[C@H](C(=O)CCCc2ccccc2)CN1NC(=O)[C@@H](N)CCCN. The molecule has 1 fully saturated rings. The van der Waals surface area contributed by atoms with E-state index in [9.17, 15) is 19.2 Å². The molecule has 1 aliphatic carbocycles. The number of anilines is 1. The maximum Gasteiger partial charge on any atom is 0.338 e. The lowest BCUT2D eigenvalue weighted by atomic mass is 9.87. The van der Waals surface area contributed by atoms with E-state index in [2.05, 4.69) is 10.7 Å². The van der Waals surface area contributed by atoms with E-state index in [1.807, 2.05) is 48.5 Å². The molecule has 0 radical (unpaired) electrons. The maximum absolute atomic E-state index is 14.3. The van der Waals surface area contributed by atoms with Crippen LogP contribution in [0.1, 0.15) is 76.0 Å². The maximum atomic E-state index is 14.3. The largest absolute Gasteiger partial charge is 0.458 e. The minimum Gasteiger partial charge on any atom is -0.458 e. The minimum atomic E-state index is -1.99. The molecule has 1 saturated heterocycles. The first-order valence-electron chi connectivity index (χ1n) is 15.7. The quantitative estimate of drug-likeness (QED) is 0.200. The molecule has 10 heteroatoms. The summed E-state index contributed by atoms with van der Waals surface area (Å²) in [6.07, 6.45) is 5.30. The van der Waals surface area contributed by atoms with E-state index >= 15 is 0 Å². The van der Waals surface area contributed by atoms with Crippen LogP contribution in [-0.4, -0.2) is 58.8 Å². The van der Waals surface area contributed by atoms with E-state index in [0.29, 0.717) is 31.5 Å². The van der Waals surface area contributed by atoms with Gasteiger partial charge in [0.2, 0.25) is 5.54 Å². The molecule has 1 aliphatic heterocycles. The first kappa shape index (κ1) is 33.3. The van der Waals surface area contributed by atoms with Crippen LogP contribution in [0, 0.1) is 5.92 Å². The second kappa shape index (κ2) is 14.5. The molecule has 2 aromatic rings. The number of carbonyl (C=O) groups is 4. The van der Waals surface area contributed by atoms with Gasteiger partial charge in [0.25, 0.3) is 11.8 Å². The average Bonchev–Trinajstić information content (AvgIpc) is 3.61. The number of nitrogens with zero attached hydrogens (tertiary/aromatic N) is 1. The molecule has 0 aromatic heterocycles. The van der Waals surface area contributed by atoms with Gasteiger partial charge in [0.05, 0.1) is 6.04 Å². The summed E-state index contributed by atoms with van der Waals surface area (Å²) >= 11 is 0. The van der Waals surface area contributed by atoms with Gasteiger partial charge in [-0.25, -0.2) is 4.79 Å². The monoisotopic (exact) mass is 605 g/mol. The number of benzene rings is 2. The van der Waals surface area contributed by atoms with Gasteiger partial charge in [-0.05, 0) is 108 Å². The number of amides is 2. The number of hydrazine groups is 1. The van der Waals surface area contributed by atoms with Crippen molar-refractivity contribution < 1.29 is 23.9 Å². The van der Waals surface area contributed by atoms with E-state index in [1.54, 1.807) is 20.8 Å². The Morgan fingerprint density at radius 2 is 1.77 bits per heavy atom. The number of hydrogen-bond donors (Lipinski definition) is 4. The second-order valence-electron chi connectivity index (χ2n) is 13.0. The summed E-state index contributed by atoms with van der Waals surface area (Å²) in [5.41, 5.74) is 15.6. The standard InChI is InChI=1S/C34H47N5O5/c1-33(2,3)44-32(43)34(31(42)37-27-18-17-24-13-8-14-25(24)20-27)21-26(22-39(34)38-30(41)28(36)15-9-19-35)29(40)16-7-12-23-10-5-4-6-11-23/h4-6,10-11,17-18,20,26,28H,7-9,12-16,19,21-22,35-36H2,1-3H3,(H,37,42)(H,38,41)/t26-,28-,34-/m0/s1. The molecular weight excluding hydrogens is 558 g/mol. The fourth-order valence-corrected chi connectivity index (χ4v) is 6.01. The topological polar surface area (TPSA) is 157 Å². The second-order valence-corrected chi connectivity index (χ2v) is 13.0. The molecule has 0 unspecified atom stereocenters. The third kappa shape index (κ3) is 8.11. The molecule has 44 heavy (non-hydrogen) atoms. The van der Waals surface area contributed by atoms with Crippen LogP contribution in [-0.2, 0) is 43.2 Å². The highest BCUT2D eigenvalue weighted by Gasteiger charge is 2.61. The van der Waals surface area contributed by atoms with Crippen molar-refractivity contribution in [3.8, 4) is 0 Å². The third-order valence-corrected chi connectivity index (χ3v) is 8.36. The van der Waals surface area contributed by atoms with Crippen molar-refractivity contribution in [2.45, 2.75) is 95.7 Å². The summed E-state index contributed by atoms with van der Waals surface area (Å²) in [7, 11) is 0. The molecule has 0 saturated carbocycles. The number of esters is 1. The van der Waals surface area contributed by atoms with Gasteiger partial charge < -0.3 is 21.5 Å². The van der Waals surface area contributed by atoms with Gasteiger partial charge in [0.1, 0.15) is 11.4 Å². The Morgan fingerprint density at radius 3 is 2.48 bits per heavy atom. The molecular formula is C34H47N5O5. The van der Waals surface area contributed by atoms with Crippen LogP contribution < -0.4 is 22.2 Å². The number of ketones is 1. The van der Waals surface area contributed by atoms with Gasteiger partial charge in [-0.15, -0.1) is 0 Å². The third-order valence-electron chi connectivity index (χ3n) is 8.36. The molecule has 4 rings (SSSR count). The summed E-state index contributed by atoms with van der Waals surface area (Å²) in [5, 5.41) is 4.21. The van der Waals surface area contributed by atoms with Crippen molar-refractivity contribution in [2.75, 3.05) is 18.4 Å². The molecule has 0 bridgehead atoms. The molecule has 2 aliphatic rings. The number of aryl methyl sites for hydroxylation is 3. The number of Topliss-reactive ketones (excluding diaryl/α,β-unsaturated/α-hetero) is 1. The lowest BCUT2D eigenvalue weighted by Crippen LogP contribution is -2.66. The number of ether oxygens (including phenoxy) is 1. The van der Waals surface area contributed by atoms with Gasteiger partial charge in [-0.1, -0.05) is 36.4 Å². The summed E-state index contributed by atoms with van der Waals surface area (Å²) in [5.74, 6) is -2.83. The van der Waals surface area contributed by atoms with Crippen molar-refractivity contribution in [1.82, 2.24) is 10.4 Å². The smallest absolute Gasteiger partial charge is 0.338 e. The van der Waals surface area contributed by atoms with Crippen LogP contribution in [0.15, 0.2) is 48.5 Å². The van der Waals surface area contributed by atoms with E-state index < -0.39 is 40.9 Å². The lowest BCUT2D eigenvalue weighted by molar-refractivity contribution is -0.173. The highest BCUT2D eigenvalue weighted by molar-refractivity contribution is 6.14. The molecule has 2 aromatic carbocycles. The Labute approximate surface area is 260 Å². The van der Waals surface area contributed by atoms with Crippen LogP contribution >= 0.6 is 0 Å². The number of rotatable bonds is 13. The molecule has 6 N–H and O–H groups in total. The Bertz CT molecular complexity index is 1340. The summed E-state index contributed by atoms with van der Waals surface area (Å²) in [6, 6.07) is 14.7. The first-order chi connectivity index (χ1) is 20.9. The van der Waals surface area contributed by atoms with Gasteiger partial charge >= 0.3 is 5.97 Å². The summed E-state index contributed by atoms with van der Waals surface area (Å²) in [6.45, 7) is 5.48. The number of nitrogens with one attached hydrogen (secondary N) is 2. The normalized spacial score (nSPS) is 20.5. The molecule has 0 spiro atoms. The number of hydrogen-bond acceptors (Lipinski definition) is 8. The number of nitrogens with two attached hydrogens (primary N) is 2. The van der Waals surface area contributed by atoms with Crippen molar-refractivity contribution in [3.05, 3.63) is 65.2 Å². The highest BCUT2D eigenvalue weighted by Crippen LogP contribution is 2.37. The summed E-state index contributed by atoms with van der Waals surface area (Å²) in [4.78, 5) is 55.2. The predicted molar refractivity (Wildman–Crippen MR) is 169 cm³/mol. The highest BCUT2D eigenvalue weighted by atomic mass is 16.6. The average molecular weight is 606 g/mol. The lowest BCUT2D eigenvalue weighted by Gasteiger charge is -2.37. The molecule has 3 atom stereocenters. The molecule has 10 nitrogen and oxygen atoms in total. The fraction of sp³-hybridized carbons (Fsp3) is 0.529. The Balaban J connectivity index is 1.63. The van der Waals surface area contributed by atoms with Gasteiger partial charge in [0, 0.05) is 24.6 Å². The van der Waals surface area contributed by atoms with Crippen molar-refractivity contribution in [2.24, 2.45) is 17.4 Å². The van der Waals surface area contributed by atoms with E-state index in [0.717, 1.165) is 36.8 Å². The van der Waals surface area contributed by atoms with Crippen LogP contribution in [0.5, 0.6) is 0 Å². The number of fused-ring (bicyclic) bond motifs is 1. The van der Waals surface area contributed by atoms with Crippen molar-refractivity contribution in [1.29, 1.82) is 0 Å². The van der Waals surface area contributed by atoms with Gasteiger partial charge in [-0.2, -0.15) is 5.01 Å². The van der Waals surface area contributed by atoms with Gasteiger partial charge in [-0.3, -0.25) is 19.8 Å². The van der Waals surface area contributed by atoms with E-state index in [4.69, 9.17) is 16.2 Å². The minimum absolute atomic E-state index is 0.0314. The molecule has 2 amide bonds. The summed E-state index contributed by atoms with van der Waals surface area (Å²) < 4.78 is 5.81. The molecule has 238 valence electrons. The van der Waals surface area contributed by atoms with E-state index in [-0.39, 0.29) is 25.2 Å². The predicted octanol–water partition coefficient (Wildman–Crippen LogP) is 3.21. The van der Waals surface area contributed by atoms with E-state index in [1.165, 1.54) is 10.6 Å². The zero-order chi connectivity index (χ0) is 31.9. The zero-order valence-corrected chi connectivity index (χ0v) is 26.2.